The fourth-order valence-electron chi connectivity index (χ4n) is 11.7. The quantitative estimate of drug-likeness (QED) is 0.122. The van der Waals surface area contributed by atoms with E-state index in [-0.39, 0.29) is 35.5 Å². The van der Waals surface area contributed by atoms with Gasteiger partial charge in [-0.05, 0) is 95.5 Å². The number of halogens is 4. The van der Waals surface area contributed by atoms with Crippen molar-refractivity contribution in [1.29, 1.82) is 0 Å². The molecule has 20 heteroatoms. The maximum atomic E-state index is 13.5. The van der Waals surface area contributed by atoms with Crippen LogP contribution in [-0.2, 0) is 11.2 Å². The number of ether oxygens (including phenoxy) is 2. The molecule has 10 heterocycles. The van der Waals surface area contributed by atoms with Gasteiger partial charge in [0.25, 0.3) is 0 Å². The second kappa shape index (κ2) is 17.1. The molecule has 0 radical (unpaired) electrons. The zero-order chi connectivity index (χ0) is 52.7. The first-order valence-corrected chi connectivity index (χ1v) is 24.8. The predicted molar refractivity (Wildman–Crippen MR) is 272 cm³/mol. The van der Waals surface area contributed by atoms with Crippen molar-refractivity contribution in [3.63, 3.8) is 0 Å². The lowest BCUT2D eigenvalue weighted by atomic mass is 9.96. The SMILES string of the molecule is Cc1nc2c([nH]1)[C@@H]1C[C@H](c3c(OC(F)F)cccc3-2)n2c1nc1ccc(-c3cnc(C(C)(C)O)nc3)cc12.Cc1ncc2n1[C@@H]1C[C@H](c3c(OC(F)F)cccc3-2)n2c1nc1ccc(-c3cnc(C(C)(C)O)nc3)cc12. The summed E-state index contributed by atoms with van der Waals surface area (Å²) >= 11 is 0. The standard InChI is InChI=1S/2C28H24F2N6O2/c1-14-31-13-22-17-5-4-6-23(38-27(29)30)24(17)20-10-21(35(14)22)25-34-18-8-7-15(9-19(18)36(20)25)16-11-32-26(33-12-16)28(2,3)37;1-13-33-23-16-5-4-6-21(38-27(29)30)22(16)20-10-17(24(23)34-13)25-35-18-8-7-14(9-19(18)36(20)25)15-11-31-26(32-12-15)28(2,3)37/h4-9,11-13,20-21,27,37H,10H2,1-3H3;4-9,11-12,17,20,27,37H,10H2,1-3H3,(H,33,34)/t20-,21-;17-,20+/m10/s1. The van der Waals surface area contributed by atoms with E-state index in [1.807, 2.05) is 62.4 Å². The lowest BCUT2D eigenvalue weighted by Crippen LogP contribution is -2.19. The van der Waals surface area contributed by atoms with Crippen LogP contribution in [0.1, 0.15) is 116 Å². The first-order valence-electron chi connectivity index (χ1n) is 24.8. The molecular formula is C56H48F4N12O4. The maximum absolute atomic E-state index is 13.5. The van der Waals surface area contributed by atoms with Gasteiger partial charge in [0.15, 0.2) is 11.6 Å². The van der Waals surface area contributed by atoms with Crippen molar-refractivity contribution in [2.45, 2.75) is 103 Å². The third kappa shape index (κ3) is 7.55. The molecule has 4 aromatic carbocycles. The second-order valence-electron chi connectivity index (χ2n) is 20.7. The summed E-state index contributed by atoms with van der Waals surface area (Å²) in [5.41, 5.74) is 10.0. The van der Waals surface area contributed by atoms with Crippen LogP contribution in [0.5, 0.6) is 11.5 Å². The Morgan fingerprint density at radius 2 is 1.09 bits per heavy atom. The molecule has 6 aromatic heterocycles. The monoisotopic (exact) mass is 1030 g/mol. The number of aryl methyl sites for hydroxylation is 2. The van der Waals surface area contributed by atoms with Gasteiger partial charge in [-0.3, -0.25) is 0 Å². The molecule has 4 atom stereocenters. The summed E-state index contributed by atoms with van der Waals surface area (Å²) in [6, 6.07) is 21.8. The number of alkyl halides is 4. The summed E-state index contributed by atoms with van der Waals surface area (Å²) < 4.78 is 70.4. The number of H-pyrrole nitrogens is 1. The lowest BCUT2D eigenvalue weighted by molar-refractivity contribution is -0.0513. The highest BCUT2D eigenvalue weighted by molar-refractivity contribution is 5.86. The molecule has 4 aliphatic rings. The van der Waals surface area contributed by atoms with Gasteiger partial charge >= 0.3 is 13.2 Å². The molecule has 0 amide bonds. The first kappa shape index (κ1) is 47.4. The van der Waals surface area contributed by atoms with Crippen LogP contribution >= 0.6 is 0 Å². The zero-order valence-corrected chi connectivity index (χ0v) is 41.8. The molecule has 384 valence electrons. The molecule has 4 bridgehead atoms. The van der Waals surface area contributed by atoms with E-state index in [0.717, 1.165) is 95.8 Å². The molecule has 0 unspecified atom stereocenters. The van der Waals surface area contributed by atoms with Gasteiger partial charge in [0.2, 0.25) is 0 Å². The Morgan fingerprint density at radius 1 is 0.579 bits per heavy atom. The normalized spacial score (nSPS) is 17.9. The molecule has 4 aliphatic heterocycles. The zero-order valence-electron chi connectivity index (χ0n) is 41.8. The Bertz CT molecular complexity index is 3900. The molecule has 14 rings (SSSR count). The van der Waals surface area contributed by atoms with E-state index in [0.29, 0.717) is 35.6 Å². The van der Waals surface area contributed by atoms with Crippen molar-refractivity contribution < 1.29 is 37.2 Å². The molecule has 16 nitrogen and oxygen atoms in total. The highest BCUT2D eigenvalue weighted by atomic mass is 19.3. The number of rotatable bonds is 8. The number of fused-ring (bicyclic) bond motifs is 12. The van der Waals surface area contributed by atoms with Gasteiger partial charge in [-0.1, -0.05) is 36.4 Å². The number of aliphatic hydroxyl groups is 2. The van der Waals surface area contributed by atoms with Gasteiger partial charge in [0.1, 0.15) is 46.0 Å². The molecule has 0 fully saturated rings. The average molecular weight is 1030 g/mol. The summed E-state index contributed by atoms with van der Waals surface area (Å²) in [5.74, 6) is 4.22. The van der Waals surface area contributed by atoms with E-state index in [4.69, 9.17) is 24.4 Å². The number of nitrogens with zero attached hydrogens (tertiary/aromatic N) is 11. The van der Waals surface area contributed by atoms with Gasteiger partial charge in [-0.15, -0.1) is 0 Å². The van der Waals surface area contributed by atoms with Crippen LogP contribution in [0.2, 0.25) is 0 Å². The Balaban J connectivity index is 0.000000146. The van der Waals surface area contributed by atoms with Crippen molar-refractivity contribution in [1.82, 2.24) is 58.6 Å². The Labute approximate surface area is 431 Å². The number of nitrogens with one attached hydrogen (secondary N) is 1. The highest BCUT2D eigenvalue weighted by Gasteiger charge is 2.45. The lowest BCUT2D eigenvalue weighted by Gasteiger charge is -2.22. The number of aromatic amines is 1. The minimum atomic E-state index is -2.94. The molecule has 10 aromatic rings. The van der Waals surface area contributed by atoms with Crippen LogP contribution in [0.3, 0.4) is 0 Å². The van der Waals surface area contributed by atoms with Crippen molar-refractivity contribution in [2.75, 3.05) is 0 Å². The van der Waals surface area contributed by atoms with Crippen LogP contribution in [0, 0.1) is 13.8 Å². The van der Waals surface area contributed by atoms with Crippen LogP contribution < -0.4 is 9.47 Å². The summed E-state index contributed by atoms with van der Waals surface area (Å²) in [7, 11) is 0. The second-order valence-corrected chi connectivity index (χ2v) is 20.7. The van der Waals surface area contributed by atoms with Gasteiger partial charge < -0.3 is 38.4 Å². The number of benzene rings is 4. The molecule has 3 N–H and O–H groups in total. The molecular weight excluding hydrogens is 981 g/mol. The third-order valence-electron chi connectivity index (χ3n) is 14.9. The van der Waals surface area contributed by atoms with E-state index < -0.39 is 24.4 Å². The van der Waals surface area contributed by atoms with Crippen LogP contribution in [-0.4, -0.2) is 82.0 Å². The van der Waals surface area contributed by atoms with Crippen LogP contribution in [0.25, 0.3) is 66.8 Å². The molecule has 0 spiro atoms. The van der Waals surface area contributed by atoms with Crippen molar-refractivity contribution in [2.24, 2.45) is 0 Å². The molecule has 76 heavy (non-hydrogen) atoms. The van der Waals surface area contributed by atoms with Gasteiger partial charge in [-0.25, -0.2) is 39.9 Å². The smallest absolute Gasteiger partial charge is 0.387 e. The van der Waals surface area contributed by atoms with Crippen molar-refractivity contribution in [3.8, 4) is 56.3 Å². The summed E-state index contributed by atoms with van der Waals surface area (Å²) in [6.45, 7) is 4.51. The molecule has 0 aliphatic carbocycles. The number of imidazole rings is 4. The van der Waals surface area contributed by atoms with E-state index in [2.05, 4.69) is 43.6 Å². The topological polar surface area (TPSA) is 193 Å². The van der Waals surface area contributed by atoms with Crippen LogP contribution in [0.15, 0.2) is 104 Å². The number of aromatic nitrogens is 12. The minimum Gasteiger partial charge on any atom is -0.434 e. The number of hydrogen-bond donors (Lipinski definition) is 3. The predicted octanol–water partition coefficient (Wildman–Crippen LogP) is 10.8. The maximum Gasteiger partial charge on any atom is 0.387 e. The minimum absolute atomic E-state index is 0.0757. The fraction of sp³-hybridized carbons (Fsp3) is 0.286. The summed E-state index contributed by atoms with van der Waals surface area (Å²) in [5, 5.41) is 20.4. The Hall–Kier alpha value is -8.36. The van der Waals surface area contributed by atoms with Crippen molar-refractivity contribution in [3.05, 3.63) is 156 Å². The average Bonchev–Trinajstić information content (AvgIpc) is 4.41. The van der Waals surface area contributed by atoms with E-state index >= 15 is 0 Å². The van der Waals surface area contributed by atoms with E-state index in [9.17, 15) is 27.8 Å². The summed E-state index contributed by atoms with van der Waals surface area (Å²) in [6.07, 6.45) is 9.85. The molecule has 0 saturated carbocycles. The summed E-state index contributed by atoms with van der Waals surface area (Å²) in [4.78, 5) is 40.1. The fourth-order valence-corrected chi connectivity index (χ4v) is 11.7. The number of hydrogen-bond acceptors (Lipinski definition) is 12. The van der Waals surface area contributed by atoms with E-state index in [1.54, 1.807) is 82.9 Å². The van der Waals surface area contributed by atoms with Gasteiger partial charge in [-0.2, -0.15) is 17.6 Å². The van der Waals surface area contributed by atoms with Crippen LogP contribution in [0.4, 0.5) is 17.6 Å². The van der Waals surface area contributed by atoms with Gasteiger partial charge in [0, 0.05) is 64.6 Å². The highest BCUT2D eigenvalue weighted by Crippen LogP contribution is 2.56. The Morgan fingerprint density at radius 3 is 1.64 bits per heavy atom. The van der Waals surface area contributed by atoms with E-state index in [1.165, 1.54) is 0 Å². The first-order chi connectivity index (χ1) is 36.4. The van der Waals surface area contributed by atoms with Crippen molar-refractivity contribution >= 4 is 22.1 Å². The third-order valence-corrected chi connectivity index (χ3v) is 14.9. The molecule has 0 saturated heterocycles. The van der Waals surface area contributed by atoms with Gasteiger partial charge in [0.05, 0.1) is 69.4 Å². The largest absolute Gasteiger partial charge is 0.434 e. The Kier molecular flexibility index (Phi) is 10.6.